The van der Waals surface area contributed by atoms with Gasteiger partial charge in [0, 0.05) is 15.8 Å². The first-order valence-electron chi connectivity index (χ1n) is 11.2. The summed E-state index contributed by atoms with van der Waals surface area (Å²) < 4.78 is 34.6. The van der Waals surface area contributed by atoms with Crippen molar-refractivity contribution in [2.24, 2.45) is 5.92 Å². The molecule has 3 aromatic rings. The predicted molar refractivity (Wildman–Crippen MR) is 151 cm³/mol. The molecule has 0 aliphatic heterocycles. The maximum Gasteiger partial charge on any atom is 0.261 e. The van der Waals surface area contributed by atoms with Crippen LogP contribution in [0.25, 0.3) is 0 Å². The van der Waals surface area contributed by atoms with Crippen molar-refractivity contribution in [3.05, 3.63) is 81.8 Å². The molecular weight excluding hydrogens is 562 g/mol. The number of benzene rings is 3. The number of aryl methyl sites for hydroxylation is 2. The highest BCUT2D eigenvalue weighted by atomic mass is 79.9. The summed E-state index contributed by atoms with van der Waals surface area (Å²) in [5.41, 5.74) is 3.43. The number of amides is 1. The van der Waals surface area contributed by atoms with Gasteiger partial charge in [-0.3, -0.25) is 14.8 Å². The van der Waals surface area contributed by atoms with Gasteiger partial charge in [-0.2, -0.15) is 0 Å². The molecule has 3 N–H and O–H groups in total. The summed E-state index contributed by atoms with van der Waals surface area (Å²) in [5, 5.41) is 5.61. The summed E-state index contributed by atoms with van der Waals surface area (Å²) in [6.07, 6.45) is 0. The van der Waals surface area contributed by atoms with E-state index < -0.39 is 15.9 Å². The van der Waals surface area contributed by atoms with Crippen LogP contribution in [0.3, 0.4) is 0 Å². The van der Waals surface area contributed by atoms with Crippen molar-refractivity contribution in [2.45, 2.75) is 32.6 Å². The zero-order valence-electron chi connectivity index (χ0n) is 20.4. The van der Waals surface area contributed by atoms with Crippen LogP contribution in [0.15, 0.2) is 70.0 Å². The first kappa shape index (κ1) is 27.6. The molecule has 0 bridgehead atoms. The van der Waals surface area contributed by atoms with E-state index in [4.69, 9.17) is 17.0 Å². The van der Waals surface area contributed by atoms with E-state index in [1.165, 1.54) is 12.1 Å². The Morgan fingerprint density at radius 2 is 1.64 bits per heavy atom. The number of thiocarbonyl (C=S) groups is 1. The second-order valence-electron chi connectivity index (χ2n) is 8.68. The monoisotopic (exact) mass is 589 g/mol. The van der Waals surface area contributed by atoms with Gasteiger partial charge in [-0.1, -0.05) is 35.8 Å². The van der Waals surface area contributed by atoms with Crippen LogP contribution >= 0.6 is 28.1 Å². The number of carbonyl (C=O) groups is 1. The molecular formula is C26H28BrN3O4S2. The Hall–Kier alpha value is -2.95. The predicted octanol–water partition coefficient (Wildman–Crippen LogP) is 6.03. The van der Waals surface area contributed by atoms with E-state index in [-0.39, 0.29) is 10.0 Å². The highest BCUT2D eigenvalue weighted by Crippen LogP contribution is 2.24. The van der Waals surface area contributed by atoms with Crippen LogP contribution in [0.1, 0.15) is 35.3 Å². The van der Waals surface area contributed by atoms with Crippen LogP contribution in [0.2, 0.25) is 0 Å². The number of halogens is 1. The Kier molecular flexibility index (Phi) is 9.10. The molecule has 0 spiro atoms. The lowest BCUT2D eigenvalue weighted by Gasteiger charge is -2.15. The Bertz CT molecular complexity index is 1370. The Morgan fingerprint density at radius 3 is 2.28 bits per heavy atom. The minimum Gasteiger partial charge on any atom is -0.492 e. The normalized spacial score (nSPS) is 11.2. The fourth-order valence-electron chi connectivity index (χ4n) is 3.13. The number of sulfonamides is 1. The Balaban J connectivity index is 1.65. The van der Waals surface area contributed by atoms with Crippen molar-refractivity contribution in [3.63, 3.8) is 0 Å². The van der Waals surface area contributed by atoms with Gasteiger partial charge >= 0.3 is 0 Å². The number of carbonyl (C=O) groups excluding carboxylic acids is 1. The number of ether oxygens (including phenoxy) is 1. The molecule has 36 heavy (non-hydrogen) atoms. The van der Waals surface area contributed by atoms with Crippen LogP contribution in [-0.2, 0) is 10.0 Å². The smallest absolute Gasteiger partial charge is 0.261 e. The van der Waals surface area contributed by atoms with Gasteiger partial charge in [0.15, 0.2) is 5.11 Å². The third-order valence-electron chi connectivity index (χ3n) is 5.17. The largest absolute Gasteiger partial charge is 0.492 e. The molecule has 3 aromatic carbocycles. The summed E-state index contributed by atoms with van der Waals surface area (Å²) in [7, 11) is -3.76. The van der Waals surface area contributed by atoms with Crippen molar-refractivity contribution in [1.29, 1.82) is 0 Å². The van der Waals surface area contributed by atoms with Crippen LogP contribution < -0.4 is 20.1 Å². The quantitative estimate of drug-likeness (QED) is 0.278. The molecule has 0 saturated heterocycles. The van der Waals surface area contributed by atoms with Crippen molar-refractivity contribution in [2.75, 3.05) is 16.6 Å². The fourth-order valence-corrected chi connectivity index (χ4v) is 4.75. The summed E-state index contributed by atoms with van der Waals surface area (Å²) >= 11 is 8.66. The Morgan fingerprint density at radius 1 is 0.972 bits per heavy atom. The van der Waals surface area contributed by atoms with Crippen LogP contribution in [0, 0.1) is 19.8 Å². The third kappa shape index (κ3) is 7.52. The molecule has 0 atom stereocenters. The molecule has 0 fully saturated rings. The molecule has 0 aromatic heterocycles. The van der Waals surface area contributed by atoms with Gasteiger partial charge in [0.1, 0.15) is 5.75 Å². The lowest BCUT2D eigenvalue weighted by molar-refractivity contribution is 0.0973. The van der Waals surface area contributed by atoms with Gasteiger partial charge in [0.2, 0.25) is 0 Å². The van der Waals surface area contributed by atoms with E-state index in [9.17, 15) is 13.2 Å². The second kappa shape index (κ2) is 11.9. The van der Waals surface area contributed by atoms with E-state index >= 15 is 0 Å². The minimum atomic E-state index is -3.76. The van der Waals surface area contributed by atoms with Gasteiger partial charge in [0.05, 0.1) is 17.1 Å². The Labute approximate surface area is 225 Å². The van der Waals surface area contributed by atoms with E-state index in [0.717, 1.165) is 15.6 Å². The average molecular weight is 591 g/mol. The summed E-state index contributed by atoms with van der Waals surface area (Å²) in [4.78, 5) is 12.9. The second-order valence-corrected chi connectivity index (χ2v) is 11.7. The number of nitrogens with one attached hydrogen (secondary N) is 3. The average Bonchev–Trinajstić information content (AvgIpc) is 2.80. The maximum absolute atomic E-state index is 12.8. The highest BCUT2D eigenvalue weighted by Gasteiger charge is 2.17. The maximum atomic E-state index is 12.8. The molecule has 10 heteroatoms. The van der Waals surface area contributed by atoms with Gasteiger partial charge in [-0.25, -0.2) is 8.42 Å². The molecule has 0 unspecified atom stereocenters. The van der Waals surface area contributed by atoms with Gasteiger partial charge < -0.3 is 10.1 Å². The number of rotatable bonds is 8. The summed E-state index contributed by atoms with van der Waals surface area (Å²) in [6.45, 7) is 8.40. The van der Waals surface area contributed by atoms with E-state index in [1.807, 2.05) is 33.8 Å². The summed E-state index contributed by atoms with van der Waals surface area (Å²) in [6, 6.07) is 16.6. The molecule has 190 valence electrons. The topological polar surface area (TPSA) is 96.5 Å². The molecule has 0 aliphatic rings. The van der Waals surface area contributed by atoms with E-state index in [2.05, 4.69) is 31.3 Å². The van der Waals surface area contributed by atoms with Gasteiger partial charge in [-0.15, -0.1) is 0 Å². The van der Waals surface area contributed by atoms with Crippen LogP contribution in [0.5, 0.6) is 5.75 Å². The van der Waals surface area contributed by atoms with Crippen molar-refractivity contribution >= 4 is 60.6 Å². The lowest BCUT2D eigenvalue weighted by Crippen LogP contribution is -2.34. The summed E-state index contributed by atoms with van der Waals surface area (Å²) in [5.74, 6) is 0.331. The molecule has 1 amide bonds. The third-order valence-corrected chi connectivity index (χ3v) is 7.26. The number of hydrogen-bond acceptors (Lipinski definition) is 5. The van der Waals surface area contributed by atoms with Crippen LogP contribution in [0.4, 0.5) is 11.4 Å². The molecule has 0 radical (unpaired) electrons. The fraction of sp³-hybridized carbons (Fsp3) is 0.231. The number of anilines is 2. The van der Waals surface area contributed by atoms with Gasteiger partial charge in [-0.05, 0) is 97.7 Å². The van der Waals surface area contributed by atoms with Crippen molar-refractivity contribution in [3.8, 4) is 5.75 Å². The molecule has 3 rings (SSSR count). The van der Waals surface area contributed by atoms with Gasteiger partial charge in [0.25, 0.3) is 15.9 Å². The first-order chi connectivity index (χ1) is 16.9. The molecule has 0 saturated carbocycles. The van der Waals surface area contributed by atoms with E-state index in [0.29, 0.717) is 35.2 Å². The molecule has 0 aliphatic carbocycles. The van der Waals surface area contributed by atoms with Crippen molar-refractivity contribution in [1.82, 2.24) is 5.32 Å². The minimum absolute atomic E-state index is 0.0682. The van der Waals surface area contributed by atoms with Crippen molar-refractivity contribution < 1.29 is 17.9 Å². The van der Waals surface area contributed by atoms with E-state index in [1.54, 1.807) is 42.5 Å². The standard InChI is InChI=1S/C26H28BrN3O4S2/c1-16(2)15-34-24-12-6-19(27)14-23(24)25(31)29-26(35)28-20-8-10-22(11-9-20)36(32,33)30-21-7-5-17(3)18(4)13-21/h5-14,16,30H,15H2,1-4H3,(H2,28,29,31,35). The van der Waals surface area contributed by atoms with Crippen LogP contribution in [-0.4, -0.2) is 26.0 Å². The first-order valence-corrected chi connectivity index (χ1v) is 13.9. The zero-order valence-corrected chi connectivity index (χ0v) is 23.6. The SMILES string of the molecule is Cc1ccc(NS(=O)(=O)c2ccc(NC(=S)NC(=O)c3cc(Br)ccc3OCC(C)C)cc2)cc1C. The molecule has 7 nitrogen and oxygen atoms in total. The zero-order chi connectivity index (χ0) is 26.5. The molecule has 0 heterocycles. The number of hydrogen-bond donors (Lipinski definition) is 3. The lowest BCUT2D eigenvalue weighted by atomic mass is 10.1. The highest BCUT2D eigenvalue weighted by molar-refractivity contribution is 9.10.